The number of thioether (sulfide) groups is 1. The SMILES string of the molecule is O=P(O)(O)CCCNCc1cc(F)c(SCCCCC2(c3ccccc3)CCCCC2)cn1. The van der Waals surface area contributed by atoms with E-state index in [-0.39, 0.29) is 12.0 Å². The minimum Gasteiger partial charge on any atom is -0.324 e. The Balaban J connectivity index is 1.40. The number of hydrogen-bond donors (Lipinski definition) is 3. The number of hydrogen-bond acceptors (Lipinski definition) is 4. The Morgan fingerprint density at radius 2 is 1.85 bits per heavy atom. The molecular formula is C25H36FN2O3PS. The Hall–Kier alpha value is -1.24. The van der Waals surface area contributed by atoms with Gasteiger partial charge in [0.05, 0.1) is 16.8 Å². The van der Waals surface area contributed by atoms with E-state index in [4.69, 9.17) is 9.79 Å². The van der Waals surface area contributed by atoms with Crippen LogP contribution in [0.15, 0.2) is 47.5 Å². The van der Waals surface area contributed by atoms with Crippen molar-refractivity contribution < 1.29 is 18.7 Å². The van der Waals surface area contributed by atoms with Gasteiger partial charge in [0.1, 0.15) is 5.82 Å². The molecule has 0 saturated heterocycles. The molecule has 1 heterocycles. The van der Waals surface area contributed by atoms with Crippen molar-refractivity contribution in [3.8, 4) is 0 Å². The minimum atomic E-state index is -3.95. The summed E-state index contributed by atoms with van der Waals surface area (Å²) in [5, 5.41) is 3.05. The monoisotopic (exact) mass is 494 g/mol. The molecule has 0 amide bonds. The zero-order chi connectivity index (χ0) is 23.6. The van der Waals surface area contributed by atoms with E-state index in [0.717, 1.165) is 18.6 Å². The lowest BCUT2D eigenvalue weighted by molar-refractivity contribution is 0.268. The predicted molar refractivity (Wildman–Crippen MR) is 133 cm³/mol. The van der Waals surface area contributed by atoms with Gasteiger partial charge in [-0.3, -0.25) is 9.55 Å². The maximum absolute atomic E-state index is 14.5. The van der Waals surface area contributed by atoms with Gasteiger partial charge in [-0.1, -0.05) is 56.0 Å². The summed E-state index contributed by atoms with van der Waals surface area (Å²) in [5.74, 6) is 0.624. The summed E-state index contributed by atoms with van der Waals surface area (Å²) in [4.78, 5) is 22.6. The van der Waals surface area contributed by atoms with Gasteiger partial charge in [0.15, 0.2) is 0 Å². The van der Waals surface area contributed by atoms with Crippen LogP contribution in [0.25, 0.3) is 0 Å². The van der Waals surface area contributed by atoms with Crippen molar-refractivity contribution in [3.05, 3.63) is 59.7 Å². The number of unbranched alkanes of at least 4 members (excludes halogenated alkanes) is 1. The fourth-order valence-corrected chi connectivity index (χ4v) is 6.20. The Morgan fingerprint density at radius 3 is 2.55 bits per heavy atom. The Morgan fingerprint density at radius 1 is 1.09 bits per heavy atom. The molecule has 1 aliphatic rings. The summed E-state index contributed by atoms with van der Waals surface area (Å²) in [6, 6.07) is 12.4. The number of halogens is 1. The highest BCUT2D eigenvalue weighted by Gasteiger charge is 2.32. The average Bonchev–Trinajstić information content (AvgIpc) is 2.80. The molecule has 0 radical (unpaired) electrons. The van der Waals surface area contributed by atoms with Gasteiger partial charge in [-0.15, -0.1) is 11.8 Å². The third-order valence-electron chi connectivity index (χ3n) is 6.49. The molecular weight excluding hydrogens is 458 g/mol. The number of pyridine rings is 1. The van der Waals surface area contributed by atoms with Crippen molar-refractivity contribution in [2.75, 3.05) is 18.5 Å². The molecule has 0 aliphatic heterocycles. The highest BCUT2D eigenvalue weighted by Crippen LogP contribution is 2.43. The van der Waals surface area contributed by atoms with Crippen LogP contribution < -0.4 is 5.32 Å². The van der Waals surface area contributed by atoms with E-state index in [1.807, 2.05) is 0 Å². The van der Waals surface area contributed by atoms with Gasteiger partial charge in [-0.25, -0.2) is 4.39 Å². The Kier molecular flexibility index (Phi) is 10.4. The summed E-state index contributed by atoms with van der Waals surface area (Å²) < 4.78 is 25.3. The summed E-state index contributed by atoms with van der Waals surface area (Å²) >= 11 is 1.53. The second-order valence-corrected chi connectivity index (χ2v) is 12.0. The molecule has 0 spiro atoms. The second kappa shape index (κ2) is 13.0. The lowest BCUT2D eigenvalue weighted by atomic mass is 9.67. The maximum atomic E-state index is 14.5. The highest BCUT2D eigenvalue weighted by molar-refractivity contribution is 7.99. The van der Waals surface area contributed by atoms with E-state index >= 15 is 0 Å². The molecule has 2 aromatic rings. The first-order valence-electron chi connectivity index (χ1n) is 12.0. The van der Waals surface area contributed by atoms with Gasteiger partial charge < -0.3 is 15.1 Å². The highest BCUT2D eigenvalue weighted by atomic mass is 32.2. The van der Waals surface area contributed by atoms with Gasteiger partial charge in [0.2, 0.25) is 0 Å². The Labute approximate surface area is 201 Å². The molecule has 3 N–H and O–H groups in total. The molecule has 1 aliphatic carbocycles. The van der Waals surface area contributed by atoms with Crippen LogP contribution in [0.1, 0.15) is 69.0 Å². The number of aromatic nitrogens is 1. The quantitative estimate of drug-likeness (QED) is 0.179. The van der Waals surface area contributed by atoms with E-state index in [2.05, 4.69) is 40.6 Å². The first kappa shape index (κ1) is 26.4. The van der Waals surface area contributed by atoms with Crippen molar-refractivity contribution in [2.24, 2.45) is 0 Å². The normalized spacial score (nSPS) is 16.1. The van der Waals surface area contributed by atoms with Crippen molar-refractivity contribution in [3.63, 3.8) is 0 Å². The fourth-order valence-electron chi connectivity index (χ4n) is 4.74. The van der Waals surface area contributed by atoms with Crippen molar-refractivity contribution >= 4 is 19.4 Å². The molecule has 5 nitrogen and oxygen atoms in total. The molecule has 1 fully saturated rings. The zero-order valence-electron chi connectivity index (χ0n) is 19.2. The van der Waals surface area contributed by atoms with E-state index in [9.17, 15) is 8.96 Å². The molecule has 182 valence electrons. The average molecular weight is 495 g/mol. The van der Waals surface area contributed by atoms with Crippen LogP contribution in [0, 0.1) is 5.82 Å². The summed E-state index contributed by atoms with van der Waals surface area (Å²) in [5.41, 5.74) is 2.39. The van der Waals surface area contributed by atoms with Crippen molar-refractivity contribution in [1.29, 1.82) is 0 Å². The minimum absolute atomic E-state index is 0.149. The molecule has 1 saturated carbocycles. The second-order valence-electron chi connectivity index (χ2n) is 9.04. The predicted octanol–water partition coefficient (Wildman–Crippen LogP) is 6.04. The molecule has 8 heteroatoms. The topological polar surface area (TPSA) is 82.5 Å². The van der Waals surface area contributed by atoms with E-state index < -0.39 is 7.60 Å². The van der Waals surface area contributed by atoms with Gasteiger partial charge in [0, 0.05) is 12.7 Å². The molecule has 3 rings (SSSR count). The van der Waals surface area contributed by atoms with Crippen molar-refractivity contribution in [1.82, 2.24) is 10.3 Å². The summed E-state index contributed by atoms with van der Waals surface area (Å²) in [6.07, 6.45) is 11.7. The largest absolute Gasteiger partial charge is 0.325 e. The van der Waals surface area contributed by atoms with Gasteiger partial charge in [-0.05, 0) is 61.4 Å². The van der Waals surface area contributed by atoms with Crippen molar-refractivity contribution in [2.45, 2.75) is 74.6 Å². The number of nitrogens with zero attached hydrogens (tertiary/aromatic N) is 1. The van der Waals surface area contributed by atoms with E-state index in [1.54, 1.807) is 6.20 Å². The van der Waals surface area contributed by atoms with Gasteiger partial charge in [0.25, 0.3) is 0 Å². The molecule has 0 atom stereocenters. The number of nitrogens with one attached hydrogen (secondary N) is 1. The molecule has 1 aromatic carbocycles. The molecule has 0 unspecified atom stereocenters. The first-order chi connectivity index (χ1) is 15.9. The zero-order valence-corrected chi connectivity index (χ0v) is 20.9. The lowest BCUT2D eigenvalue weighted by Gasteiger charge is -2.38. The number of benzene rings is 1. The van der Waals surface area contributed by atoms with Crippen LogP contribution in [-0.2, 0) is 16.5 Å². The fraction of sp³-hybridized carbons (Fsp3) is 0.560. The smallest absolute Gasteiger partial charge is 0.324 e. The van der Waals surface area contributed by atoms with Gasteiger partial charge in [-0.2, -0.15) is 0 Å². The van der Waals surface area contributed by atoms with Crippen LogP contribution in [0.3, 0.4) is 0 Å². The third-order valence-corrected chi connectivity index (χ3v) is 8.49. The molecule has 1 aromatic heterocycles. The number of rotatable bonds is 13. The van der Waals surface area contributed by atoms with Crippen LogP contribution >= 0.6 is 19.4 Å². The van der Waals surface area contributed by atoms with E-state index in [1.165, 1.54) is 61.9 Å². The van der Waals surface area contributed by atoms with Gasteiger partial charge >= 0.3 is 7.60 Å². The van der Waals surface area contributed by atoms with Crippen LogP contribution in [0.2, 0.25) is 0 Å². The molecule has 0 bridgehead atoms. The first-order valence-corrected chi connectivity index (χ1v) is 14.7. The summed E-state index contributed by atoms with van der Waals surface area (Å²) in [7, 11) is -3.95. The molecule has 33 heavy (non-hydrogen) atoms. The van der Waals surface area contributed by atoms with Crippen LogP contribution in [-0.4, -0.2) is 33.2 Å². The van der Waals surface area contributed by atoms with Crippen LogP contribution in [0.4, 0.5) is 4.39 Å². The van der Waals surface area contributed by atoms with Crippen LogP contribution in [0.5, 0.6) is 0 Å². The third kappa shape index (κ3) is 8.80. The summed E-state index contributed by atoms with van der Waals surface area (Å²) in [6.45, 7) is 0.833. The maximum Gasteiger partial charge on any atom is 0.325 e. The standard InChI is InChI=1S/C25H36FN2O3PS/c26-23-18-22(19-27-15-9-16-32(29,30)31)28-20-24(23)33-17-8-7-14-25(12-5-2-6-13-25)21-10-3-1-4-11-21/h1,3-4,10-11,18,20,27H,2,5-9,12-17,19H2,(H2,29,30,31). The lowest BCUT2D eigenvalue weighted by Crippen LogP contribution is -2.29. The van der Waals surface area contributed by atoms with E-state index in [0.29, 0.717) is 35.5 Å². The Bertz CT molecular complexity index is 904.